The summed E-state index contributed by atoms with van der Waals surface area (Å²) in [7, 11) is -1.06. The quantitative estimate of drug-likeness (QED) is 0.431. The normalized spacial score (nSPS) is 18.3. The summed E-state index contributed by atoms with van der Waals surface area (Å²) in [4.78, 5) is 0. The Balaban J connectivity index is 2.81. The van der Waals surface area contributed by atoms with Crippen molar-refractivity contribution in [1.29, 1.82) is 0 Å². The second-order valence-electron chi connectivity index (χ2n) is 5.16. The third-order valence-electron chi connectivity index (χ3n) is 2.95. The molecule has 0 nitrogen and oxygen atoms in total. The van der Waals surface area contributed by atoms with Gasteiger partial charge < -0.3 is 0 Å². The van der Waals surface area contributed by atoms with Crippen LogP contribution in [0.15, 0.2) is 16.5 Å². The molecule has 1 rings (SSSR count). The van der Waals surface area contributed by atoms with E-state index in [2.05, 4.69) is 32.3 Å². The highest BCUT2D eigenvalue weighted by Crippen LogP contribution is 2.23. The van der Waals surface area contributed by atoms with Gasteiger partial charge in [-0.3, -0.25) is 0 Å². The predicted molar refractivity (Wildman–Crippen MR) is 62.6 cm³/mol. The van der Waals surface area contributed by atoms with Crippen molar-refractivity contribution in [2.24, 2.45) is 0 Å². The fourth-order valence-corrected chi connectivity index (χ4v) is 2.11. The minimum atomic E-state index is -1.06. The highest BCUT2D eigenvalue weighted by molar-refractivity contribution is 6.82. The van der Waals surface area contributed by atoms with E-state index < -0.39 is 8.07 Å². The second-order valence-corrected chi connectivity index (χ2v) is 10.4. The molecule has 13 heavy (non-hydrogen) atoms. The van der Waals surface area contributed by atoms with E-state index in [1.54, 1.807) is 10.8 Å². The standard InChI is InChI=1S/C12H22Si/c1-11(13(2,3)4)10-12-8-6-5-7-9-12/h5-9H2,1-4H3. The fourth-order valence-electron chi connectivity index (χ4n) is 1.56. The molecule has 1 heteroatoms. The van der Waals surface area contributed by atoms with Gasteiger partial charge in [-0.05, 0) is 43.4 Å². The van der Waals surface area contributed by atoms with Crippen LogP contribution in [0.4, 0.5) is 0 Å². The highest BCUT2D eigenvalue weighted by atomic mass is 28.3. The maximum absolute atomic E-state index is 3.65. The van der Waals surface area contributed by atoms with Gasteiger partial charge in [-0.1, -0.05) is 26.1 Å². The minimum Gasteiger partial charge on any atom is -0.127 e. The van der Waals surface area contributed by atoms with Gasteiger partial charge in [0.25, 0.3) is 0 Å². The van der Waals surface area contributed by atoms with Crippen LogP contribution in [0.3, 0.4) is 0 Å². The molecule has 0 spiro atoms. The Kier molecular flexibility index (Phi) is 3.58. The van der Waals surface area contributed by atoms with Gasteiger partial charge in [0.2, 0.25) is 0 Å². The Hall–Kier alpha value is -0.263. The number of allylic oxidation sites excluding steroid dienone is 1. The number of rotatable bonds is 1. The third-order valence-corrected chi connectivity index (χ3v) is 5.32. The van der Waals surface area contributed by atoms with Gasteiger partial charge in [0.15, 0.2) is 0 Å². The average Bonchev–Trinajstić information content (AvgIpc) is 2.04. The smallest absolute Gasteiger partial charge is 0.0819 e. The van der Waals surface area contributed by atoms with Gasteiger partial charge >= 0.3 is 0 Å². The Bertz CT molecular complexity index is 228. The number of hydrogen-bond donors (Lipinski definition) is 0. The van der Waals surface area contributed by atoms with Gasteiger partial charge in [0.05, 0.1) is 8.07 Å². The van der Waals surface area contributed by atoms with Crippen LogP contribution in [0.5, 0.6) is 0 Å². The monoisotopic (exact) mass is 194 g/mol. The van der Waals surface area contributed by atoms with E-state index in [0.29, 0.717) is 0 Å². The maximum Gasteiger partial charge on any atom is 0.0819 e. The first-order valence-corrected chi connectivity index (χ1v) is 8.96. The molecule has 1 fully saturated rings. The Labute approximate surface area is 83.7 Å². The van der Waals surface area contributed by atoms with Crippen molar-refractivity contribution in [3.8, 4) is 0 Å². The molecule has 0 aromatic heterocycles. The van der Waals surface area contributed by atoms with Gasteiger partial charge in [-0.15, -0.1) is 5.73 Å². The van der Waals surface area contributed by atoms with E-state index in [0.717, 1.165) is 0 Å². The second kappa shape index (κ2) is 4.30. The molecule has 1 aliphatic rings. The van der Waals surface area contributed by atoms with E-state index in [1.165, 1.54) is 32.1 Å². The van der Waals surface area contributed by atoms with Crippen LogP contribution < -0.4 is 0 Å². The lowest BCUT2D eigenvalue weighted by Gasteiger charge is -2.16. The first-order valence-electron chi connectivity index (χ1n) is 5.46. The van der Waals surface area contributed by atoms with Crippen molar-refractivity contribution < 1.29 is 0 Å². The third kappa shape index (κ3) is 3.54. The van der Waals surface area contributed by atoms with Crippen LogP contribution in [-0.2, 0) is 0 Å². The first-order chi connectivity index (χ1) is 6.00. The van der Waals surface area contributed by atoms with E-state index >= 15 is 0 Å². The summed E-state index contributed by atoms with van der Waals surface area (Å²) in [5.74, 6) is 0. The molecular formula is C12H22Si. The zero-order chi connectivity index (χ0) is 9.90. The summed E-state index contributed by atoms with van der Waals surface area (Å²) in [5.41, 5.74) is 5.24. The lowest BCUT2D eigenvalue weighted by Crippen LogP contribution is -2.21. The van der Waals surface area contributed by atoms with Crippen molar-refractivity contribution in [3.05, 3.63) is 16.5 Å². The van der Waals surface area contributed by atoms with Gasteiger partial charge in [-0.2, -0.15) is 0 Å². The molecule has 0 aromatic carbocycles. The molecule has 0 saturated heterocycles. The zero-order valence-corrected chi connectivity index (χ0v) is 10.5. The highest BCUT2D eigenvalue weighted by Gasteiger charge is 2.15. The van der Waals surface area contributed by atoms with Crippen molar-refractivity contribution in [3.63, 3.8) is 0 Å². The SMILES string of the molecule is CC(=C=C1CCCCC1)[Si](C)(C)C. The molecule has 0 heterocycles. The molecular weight excluding hydrogens is 172 g/mol. The van der Waals surface area contributed by atoms with Crippen LogP contribution >= 0.6 is 0 Å². The molecule has 0 amide bonds. The molecule has 0 unspecified atom stereocenters. The summed E-state index contributed by atoms with van der Waals surface area (Å²) >= 11 is 0. The van der Waals surface area contributed by atoms with Gasteiger partial charge in [-0.25, -0.2) is 0 Å². The molecule has 0 N–H and O–H groups in total. The molecule has 0 atom stereocenters. The summed E-state index contributed by atoms with van der Waals surface area (Å²) in [6.07, 6.45) is 6.82. The Morgan fingerprint density at radius 2 is 1.62 bits per heavy atom. The molecule has 1 saturated carbocycles. The summed E-state index contributed by atoms with van der Waals surface area (Å²) < 4.78 is 0. The largest absolute Gasteiger partial charge is 0.127 e. The fraction of sp³-hybridized carbons (Fsp3) is 0.750. The van der Waals surface area contributed by atoms with Crippen LogP contribution in [0.2, 0.25) is 19.6 Å². The molecule has 0 aliphatic heterocycles. The van der Waals surface area contributed by atoms with Crippen LogP contribution in [0, 0.1) is 0 Å². The predicted octanol–water partition coefficient (Wildman–Crippen LogP) is 4.30. The molecule has 74 valence electrons. The van der Waals surface area contributed by atoms with E-state index in [-0.39, 0.29) is 0 Å². The van der Waals surface area contributed by atoms with Crippen molar-refractivity contribution in [2.75, 3.05) is 0 Å². The van der Waals surface area contributed by atoms with E-state index in [9.17, 15) is 0 Å². The maximum atomic E-state index is 3.65. The van der Waals surface area contributed by atoms with Crippen LogP contribution in [0.25, 0.3) is 0 Å². The summed E-state index contributed by atoms with van der Waals surface area (Å²) in [5, 5.41) is 1.55. The lowest BCUT2D eigenvalue weighted by atomic mass is 9.96. The van der Waals surface area contributed by atoms with Gasteiger partial charge in [0, 0.05) is 0 Å². The van der Waals surface area contributed by atoms with E-state index in [4.69, 9.17) is 0 Å². The Morgan fingerprint density at radius 3 is 2.08 bits per heavy atom. The zero-order valence-electron chi connectivity index (χ0n) is 9.54. The molecule has 0 radical (unpaired) electrons. The molecule has 1 aliphatic carbocycles. The van der Waals surface area contributed by atoms with Crippen molar-refractivity contribution >= 4 is 8.07 Å². The van der Waals surface area contributed by atoms with Crippen molar-refractivity contribution in [2.45, 2.75) is 58.7 Å². The first kappa shape index (κ1) is 10.8. The summed E-state index contributed by atoms with van der Waals surface area (Å²) in [6.45, 7) is 9.48. The van der Waals surface area contributed by atoms with Crippen molar-refractivity contribution in [1.82, 2.24) is 0 Å². The number of hydrogen-bond acceptors (Lipinski definition) is 0. The van der Waals surface area contributed by atoms with Crippen LogP contribution in [0.1, 0.15) is 39.0 Å². The van der Waals surface area contributed by atoms with Crippen LogP contribution in [-0.4, -0.2) is 8.07 Å². The molecule has 0 bridgehead atoms. The minimum absolute atomic E-state index is 1.06. The lowest BCUT2D eigenvalue weighted by molar-refractivity contribution is 0.600. The van der Waals surface area contributed by atoms with E-state index in [1.807, 2.05) is 0 Å². The molecule has 0 aromatic rings. The average molecular weight is 194 g/mol. The summed E-state index contributed by atoms with van der Waals surface area (Å²) in [6, 6.07) is 0. The topological polar surface area (TPSA) is 0 Å². The Morgan fingerprint density at radius 1 is 1.08 bits per heavy atom. The van der Waals surface area contributed by atoms with Gasteiger partial charge in [0.1, 0.15) is 0 Å².